The van der Waals surface area contributed by atoms with Crippen molar-refractivity contribution in [3.8, 4) is 6.07 Å². The summed E-state index contributed by atoms with van der Waals surface area (Å²) in [4.78, 5) is 22.1. The molecule has 8 nitrogen and oxygen atoms in total. The van der Waals surface area contributed by atoms with Gasteiger partial charge in [-0.05, 0) is 48.4 Å². The van der Waals surface area contributed by atoms with Gasteiger partial charge in [0.15, 0.2) is 0 Å². The van der Waals surface area contributed by atoms with E-state index in [0.717, 1.165) is 30.8 Å². The molecule has 0 radical (unpaired) electrons. The highest BCUT2D eigenvalue weighted by atomic mass is 35.5. The van der Waals surface area contributed by atoms with Crippen molar-refractivity contribution in [1.82, 2.24) is 14.9 Å². The van der Waals surface area contributed by atoms with E-state index in [1.807, 2.05) is 36.4 Å². The molecule has 1 amide bonds. The number of hydrazone groups is 1. The number of hydrogen-bond donors (Lipinski definition) is 0. The van der Waals surface area contributed by atoms with Crippen molar-refractivity contribution in [2.75, 3.05) is 37.6 Å². The third-order valence-electron chi connectivity index (χ3n) is 6.37. The number of benzene rings is 1. The van der Waals surface area contributed by atoms with Gasteiger partial charge in [0.1, 0.15) is 23.7 Å². The van der Waals surface area contributed by atoms with E-state index < -0.39 is 0 Å². The minimum Gasteiger partial charge on any atom is -0.467 e. The highest BCUT2D eigenvalue weighted by molar-refractivity contribution is 6.30. The Morgan fingerprint density at radius 3 is 2.74 bits per heavy atom. The number of anilines is 1. The lowest BCUT2D eigenvalue weighted by atomic mass is 10.0. The van der Waals surface area contributed by atoms with Crippen LogP contribution in [-0.2, 0) is 4.79 Å². The molecule has 4 heterocycles. The van der Waals surface area contributed by atoms with Gasteiger partial charge in [-0.1, -0.05) is 23.7 Å². The van der Waals surface area contributed by atoms with E-state index in [-0.39, 0.29) is 18.5 Å². The van der Waals surface area contributed by atoms with Gasteiger partial charge in [0.05, 0.1) is 24.1 Å². The molecule has 1 unspecified atom stereocenters. The lowest BCUT2D eigenvalue weighted by Crippen LogP contribution is -2.40. The Hall–Kier alpha value is -3.67. The molecule has 0 spiro atoms. The third kappa shape index (κ3) is 5.06. The quantitative estimate of drug-likeness (QED) is 0.537. The second-order valence-corrected chi connectivity index (χ2v) is 9.07. The minimum absolute atomic E-state index is 0.0700. The van der Waals surface area contributed by atoms with E-state index in [1.165, 1.54) is 0 Å². The molecule has 0 bridgehead atoms. The van der Waals surface area contributed by atoms with Crippen molar-refractivity contribution in [3.63, 3.8) is 0 Å². The number of hydrogen-bond acceptors (Lipinski definition) is 7. The number of rotatable bonds is 5. The number of halogens is 1. The van der Waals surface area contributed by atoms with Gasteiger partial charge in [-0.15, -0.1) is 0 Å². The van der Waals surface area contributed by atoms with Crippen molar-refractivity contribution in [3.05, 3.63) is 82.9 Å². The number of pyridine rings is 1. The zero-order valence-corrected chi connectivity index (χ0v) is 19.9. The SMILES string of the molecule is N#Cc1cccnc1N1CCCN(CC(=O)N2N=C(c3ccc(Cl)cc3)CC2c2ccco2)CC1. The molecule has 3 aromatic rings. The van der Waals surface area contributed by atoms with Crippen LogP contribution in [-0.4, -0.2) is 59.2 Å². The standard InChI is InChI=1S/C26H25ClN6O2/c27-21-8-6-19(7-9-21)22-16-23(24-5-2-15-35-24)33(30-22)25(34)18-31-11-3-12-32(14-13-31)26-20(17-28)4-1-10-29-26/h1-2,4-10,15,23H,3,11-14,16,18H2. The normalized spacial score (nSPS) is 18.7. The summed E-state index contributed by atoms with van der Waals surface area (Å²) in [5.41, 5.74) is 2.34. The van der Waals surface area contributed by atoms with Gasteiger partial charge in [-0.25, -0.2) is 9.99 Å². The maximum atomic E-state index is 13.5. The van der Waals surface area contributed by atoms with E-state index in [2.05, 4.69) is 20.9 Å². The second-order valence-electron chi connectivity index (χ2n) is 8.63. The van der Waals surface area contributed by atoms with Gasteiger partial charge in [0, 0.05) is 43.8 Å². The maximum absolute atomic E-state index is 13.5. The average Bonchev–Trinajstić information content (AvgIpc) is 3.51. The molecule has 1 fully saturated rings. The smallest absolute Gasteiger partial charge is 0.257 e. The predicted molar refractivity (Wildman–Crippen MR) is 133 cm³/mol. The lowest BCUT2D eigenvalue weighted by molar-refractivity contribution is -0.134. The van der Waals surface area contributed by atoms with E-state index in [0.29, 0.717) is 41.7 Å². The molecule has 2 aromatic heterocycles. The number of nitrogens with zero attached hydrogens (tertiary/aromatic N) is 6. The van der Waals surface area contributed by atoms with Crippen molar-refractivity contribution >= 4 is 29.0 Å². The van der Waals surface area contributed by atoms with E-state index in [1.54, 1.807) is 29.6 Å². The molecule has 1 atom stereocenters. The molecule has 0 saturated carbocycles. The van der Waals surface area contributed by atoms with Crippen molar-refractivity contribution < 1.29 is 9.21 Å². The first-order valence-corrected chi connectivity index (χ1v) is 12.0. The van der Waals surface area contributed by atoms with Gasteiger partial charge in [-0.3, -0.25) is 9.69 Å². The summed E-state index contributed by atoms with van der Waals surface area (Å²) in [5, 5.41) is 16.4. The Balaban J connectivity index is 1.30. The number of aromatic nitrogens is 1. The minimum atomic E-state index is -0.279. The Kier molecular flexibility index (Phi) is 6.80. The largest absolute Gasteiger partial charge is 0.467 e. The molecule has 5 rings (SSSR count). The summed E-state index contributed by atoms with van der Waals surface area (Å²) >= 11 is 6.05. The van der Waals surface area contributed by atoms with E-state index in [9.17, 15) is 10.1 Å². The Morgan fingerprint density at radius 1 is 1.11 bits per heavy atom. The van der Waals surface area contributed by atoms with Crippen LogP contribution in [0.25, 0.3) is 0 Å². The molecule has 9 heteroatoms. The molecule has 2 aliphatic rings. The summed E-state index contributed by atoms with van der Waals surface area (Å²) < 4.78 is 5.65. The summed E-state index contributed by atoms with van der Waals surface area (Å²) in [6.45, 7) is 3.22. The summed E-state index contributed by atoms with van der Waals surface area (Å²) in [5.74, 6) is 1.35. The Morgan fingerprint density at radius 2 is 1.97 bits per heavy atom. The summed E-state index contributed by atoms with van der Waals surface area (Å²) in [6, 6.07) is 16.7. The van der Waals surface area contributed by atoms with Gasteiger partial charge in [0.2, 0.25) is 0 Å². The number of carbonyl (C=O) groups excluding carboxylic acids is 1. The number of carbonyl (C=O) groups is 1. The molecule has 35 heavy (non-hydrogen) atoms. The summed E-state index contributed by atoms with van der Waals surface area (Å²) in [7, 11) is 0. The van der Waals surface area contributed by atoms with Crippen LogP contribution in [0.2, 0.25) is 5.02 Å². The maximum Gasteiger partial charge on any atom is 0.257 e. The highest BCUT2D eigenvalue weighted by Crippen LogP contribution is 2.33. The van der Waals surface area contributed by atoms with Crippen molar-refractivity contribution in [2.45, 2.75) is 18.9 Å². The van der Waals surface area contributed by atoms with Crippen LogP contribution in [0.1, 0.15) is 35.8 Å². The highest BCUT2D eigenvalue weighted by Gasteiger charge is 2.35. The number of amides is 1. The second kappa shape index (κ2) is 10.3. The summed E-state index contributed by atoms with van der Waals surface area (Å²) in [6.07, 6.45) is 4.77. The molecule has 0 aliphatic carbocycles. The van der Waals surface area contributed by atoms with Crippen LogP contribution >= 0.6 is 11.6 Å². The van der Waals surface area contributed by atoms with Crippen LogP contribution in [0.5, 0.6) is 0 Å². The lowest BCUT2D eigenvalue weighted by Gasteiger charge is -2.25. The van der Waals surface area contributed by atoms with E-state index >= 15 is 0 Å². The predicted octanol–water partition coefficient (Wildman–Crippen LogP) is 4.09. The van der Waals surface area contributed by atoms with Crippen molar-refractivity contribution in [1.29, 1.82) is 5.26 Å². The Bertz CT molecular complexity index is 1250. The monoisotopic (exact) mass is 488 g/mol. The molecular formula is C26H25ClN6O2. The first-order valence-electron chi connectivity index (χ1n) is 11.6. The van der Waals surface area contributed by atoms with Gasteiger partial charge in [-0.2, -0.15) is 10.4 Å². The van der Waals surface area contributed by atoms with Crippen LogP contribution in [0.3, 0.4) is 0 Å². The number of nitriles is 1. The number of furan rings is 1. The first kappa shape index (κ1) is 23.1. The van der Waals surface area contributed by atoms with Crippen LogP contribution in [0.4, 0.5) is 5.82 Å². The van der Waals surface area contributed by atoms with Crippen LogP contribution in [0, 0.1) is 11.3 Å². The molecule has 2 aliphatic heterocycles. The van der Waals surface area contributed by atoms with Gasteiger partial charge in [0.25, 0.3) is 5.91 Å². The van der Waals surface area contributed by atoms with E-state index in [4.69, 9.17) is 21.1 Å². The molecular weight excluding hydrogens is 464 g/mol. The fourth-order valence-electron chi connectivity index (χ4n) is 4.60. The van der Waals surface area contributed by atoms with Gasteiger partial charge < -0.3 is 9.32 Å². The first-order chi connectivity index (χ1) is 17.1. The Labute approximate surface area is 209 Å². The zero-order valence-electron chi connectivity index (χ0n) is 19.2. The molecule has 0 N–H and O–H groups in total. The topological polar surface area (TPSA) is 89.0 Å². The van der Waals surface area contributed by atoms with Crippen molar-refractivity contribution in [2.24, 2.45) is 5.10 Å². The molecule has 1 saturated heterocycles. The third-order valence-corrected chi connectivity index (χ3v) is 6.62. The molecule has 178 valence electrons. The fourth-order valence-corrected chi connectivity index (χ4v) is 4.73. The zero-order chi connectivity index (χ0) is 24.2. The average molecular weight is 489 g/mol. The van der Waals surface area contributed by atoms with Crippen LogP contribution in [0.15, 0.2) is 70.5 Å². The fraction of sp³-hybridized carbons (Fsp3) is 0.308. The van der Waals surface area contributed by atoms with Gasteiger partial charge >= 0.3 is 0 Å². The molecule has 1 aromatic carbocycles. The van der Waals surface area contributed by atoms with Crippen LogP contribution < -0.4 is 4.90 Å².